The van der Waals surface area contributed by atoms with Crippen molar-refractivity contribution < 1.29 is 9.59 Å². The van der Waals surface area contributed by atoms with Gasteiger partial charge in [0.15, 0.2) is 0 Å². The highest BCUT2D eigenvalue weighted by molar-refractivity contribution is 5.94. The van der Waals surface area contributed by atoms with Gasteiger partial charge in [0, 0.05) is 31.1 Å². The van der Waals surface area contributed by atoms with E-state index < -0.39 is 0 Å². The lowest BCUT2D eigenvalue weighted by Crippen LogP contribution is -2.36. The second-order valence-corrected chi connectivity index (χ2v) is 7.20. The summed E-state index contributed by atoms with van der Waals surface area (Å²) in [5.74, 6) is -0.0176. The van der Waals surface area contributed by atoms with Gasteiger partial charge in [-0.05, 0) is 51.4 Å². The molecular formula is C21H33N3O2. The molecule has 1 aromatic rings. The number of benzene rings is 1. The van der Waals surface area contributed by atoms with Crippen LogP contribution in [0.15, 0.2) is 30.3 Å². The lowest BCUT2D eigenvalue weighted by molar-refractivity contribution is -0.121. The molecule has 5 heteroatoms. The average molecular weight is 360 g/mol. The van der Waals surface area contributed by atoms with Crippen LogP contribution in [0.1, 0.15) is 61.7 Å². The predicted molar refractivity (Wildman–Crippen MR) is 105 cm³/mol. The van der Waals surface area contributed by atoms with Crippen LogP contribution in [-0.2, 0) is 4.79 Å². The van der Waals surface area contributed by atoms with Crippen LogP contribution in [0.4, 0.5) is 0 Å². The maximum absolute atomic E-state index is 11.9. The molecule has 2 N–H and O–H groups in total. The number of carbonyl (C=O) groups is 2. The molecule has 0 radical (unpaired) electrons. The van der Waals surface area contributed by atoms with Gasteiger partial charge in [-0.15, -0.1) is 0 Å². The van der Waals surface area contributed by atoms with Crippen molar-refractivity contribution in [1.82, 2.24) is 15.5 Å². The summed E-state index contributed by atoms with van der Waals surface area (Å²) in [5, 5.41) is 5.83. The van der Waals surface area contributed by atoms with Crippen LogP contribution in [0.2, 0.25) is 0 Å². The Kier molecular flexibility index (Phi) is 9.18. The van der Waals surface area contributed by atoms with E-state index in [1.807, 2.05) is 18.2 Å². The van der Waals surface area contributed by atoms with Crippen LogP contribution in [0, 0.1) is 0 Å². The van der Waals surface area contributed by atoms with Crippen LogP contribution in [0.3, 0.4) is 0 Å². The lowest BCUT2D eigenvalue weighted by Gasteiger charge is -2.31. The third-order valence-corrected chi connectivity index (χ3v) is 5.11. The molecule has 1 aliphatic carbocycles. The van der Waals surface area contributed by atoms with Crippen LogP contribution < -0.4 is 10.6 Å². The number of amides is 2. The van der Waals surface area contributed by atoms with E-state index in [0.717, 1.165) is 25.6 Å². The molecule has 1 saturated carbocycles. The number of hydrogen-bond acceptors (Lipinski definition) is 3. The molecule has 2 amide bonds. The van der Waals surface area contributed by atoms with E-state index in [-0.39, 0.29) is 11.8 Å². The Bertz CT molecular complexity index is 541. The van der Waals surface area contributed by atoms with Crippen LogP contribution in [0.25, 0.3) is 0 Å². The third kappa shape index (κ3) is 7.56. The van der Waals surface area contributed by atoms with Crippen molar-refractivity contribution in [2.45, 2.75) is 57.4 Å². The fraction of sp³-hybridized carbons (Fsp3) is 0.619. The molecule has 0 saturated heterocycles. The monoisotopic (exact) mass is 359 g/mol. The van der Waals surface area contributed by atoms with Crippen molar-refractivity contribution in [3.05, 3.63) is 35.9 Å². The molecule has 0 aromatic heterocycles. The summed E-state index contributed by atoms with van der Waals surface area (Å²) < 4.78 is 0. The zero-order valence-electron chi connectivity index (χ0n) is 16.0. The Labute approximate surface area is 157 Å². The van der Waals surface area contributed by atoms with E-state index in [1.54, 1.807) is 12.1 Å². The summed E-state index contributed by atoms with van der Waals surface area (Å²) in [7, 11) is 2.20. The first kappa shape index (κ1) is 20.4. The topological polar surface area (TPSA) is 61.4 Å². The maximum atomic E-state index is 11.9. The van der Waals surface area contributed by atoms with E-state index in [1.165, 1.54) is 32.1 Å². The molecule has 0 atom stereocenters. The summed E-state index contributed by atoms with van der Waals surface area (Å²) in [5.41, 5.74) is 0.652. The van der Waals surface area contributed by atoms with Crippen molar-refractivity contribution in [3.63, 3.8) is 0 Å². The Morgan fingerprint density at radius 1 is 1.00 bits per heavy atom. The molecule has 0 bridgehead atoms. The van der Waals surface area contributed by atoms with Gasteiger partial charge in [-0.2, -0.15) is 0 Å². The average Bonchev–Trinajstić information content (AvgIpc) is 2.69. The molecule has 5 nitrogen and oxygen atoms in total. The largest absolute Gasteiger partial charge is 0.356 e. The zero-order chi connectivity index (χ0) is 18.6. The molecule has 0 aliphatic heterocycles. The van der Waals surface area contributed by atoms with Crippen LogP contribution in [0.5, 0.6) is 0 Å². The van der Waals surface area contributed by atoms with E-state index >= 15 is 0 Å². The van der Waals surface area contributed by atoms with Gasteiger partial charge in [0.2, 0.25) is 5.91 Å². The fourth-order valence-corrected chi connectivity index (χ4v) is 3.49. The summed E-state index contributed by atoms with van der Waals surface area (Å²) in [6.07, 6.45) is 8.82. The standard InChI is InChI=1S/C21H33N3O2/c1-24(19-12-6-3-7-13-19)17-9-16-22-20(25)14-8-15-23-21(26)18-10-4-2-5-11-18/h2,4-5,10-11,19H,3,6-9,12-17H2,1H3,(H,22,25)(H,23,26). The summed E-state index contributed by atoms with van der Waals surface area (Å²) >= 11 is 0. The van der Waals surface area contributed by atoms with E-state index in [9.17, 15) is 9.59 Å². The van der Waals surface area contributed by atoms with Crippen molar-refractivity contribution in [2.24, 2.45) is 0 Å². The van der Waals surface area contributed by atoms with Crippen molar-refractivity contribution >= 4 is 11.8 Å². The Balaban J connectivity index is 1.48. The predicted octanol–water partition coefficient (Wildman–Crippen LogP) is 2.97. The van der Waals surface area contributed by atoms with E-state index in [4.69, 9.17) is 0 Å². The second-order valence-electron chi connectivity index (χ2n) is 7.20. The summed E-state index contributed by atoms with van der Waals surface area (Å²) in [6, 6.07) is 9.86. The smallest absolute Gasteiger partial charge is 0.251 e. The Morgan fingerprint density at radius 3 is 2.42 bits per heavy atom. The molecule has 26 heavy (non-hydrogen) atoms. The molecular weight excluding hydrogens is 326 g/mol. The van der Waals surface area contributed by atoms with Gasteiger partial charge < -0.3 is 15.5 Å². The molecule has 1 aromatic carbocycles. The number of carbonyl (C=O) groups excluding carboxylic acids is 2. The van der Waals surface area contributed by atoms with Gasteiger partial charge in [-0.3, -0.25) is 9.59 Å². The molecule has 144 valence electrons. The molecule has 0 spiro atoms. The first-order chi connectivity index (χ1) is 12.7. The molecule has 0 heterocycles. The van der Waals surface area contributed by atoms with Gasteiger partial charge in [0.25, 0.3) is 5.91 Å². The van der Waals surface area contributed by atoms with Gasteiger partial charge >= 0.3 is 0 Å². The normalized spacial score (nSPS) is 15.0. The summed E-state index contributed by atoms with van der Waals surface area (Å²) in [6.45, 7) is 2.29. The van der Waals surface area contributed by atoms with Gasteiger partial charge in [-0.1, -0.05) is 37.5 Å². The third-order valence-electron chi connectivity index (χ3n) is 5.11. The second kappa shape index (κ2) is 11.7. The Morgan fingerprint density at radius 2 is 1.69 bits per heavy atom. The van der Waals surface area contributed by atoms with Crippen molar-refractivity contribution in [2.75, 3.05) is 26.7 Å². The SMILES string of the molecule is CN(CCCNC(=O)CCCNC(=O)c1ccccc1)C1CCCCC1. The molecule has 1 aliphatic rings. The fourth-order valence-electron chi connectivity index (χ4n) is 3.49. The minimum absolute atomic E-state index is 0.0688. The maximum Gasteiger partial charge on any atom is 0.251 e. The number of nitrogens with zero attached hydrogens (tertiary/aromatic N) is 1. The minimum Gasteiger partial charge on any atom is -0.356 e. The highest BCUT2D eigenvalue weighted by Gasteiger charge is 2.17. The number of rotatable bonds is 10. The zero-order valence-corrected chi connectivity index (χ0v) is 16.0. The van der Waals surface area contributed by atoms with Gasteiger partial charge in [0.1, 0.15) is 0 Å². The van der Waals surface area contributed by atoms with Crippen LogP contribution >= 0.6 is 0 Å². The van der Waals surface area contributed by atoms with E-state index in [2.05, 4.69) is 22.6 Å². The highest BCUT2D eigenvalue weighted by atomic mass is 16.2. The van der Waals surface area contributed by atoms with Gasteiger partial charge in [0.05, 0.1) is 0 Å². The van der Waals surface area contributed by atoms with Crippen molar-refractivity contribution in [1.29, 1.82) is 0 Å². The molecule has 1 fully saturated rings. The number of nitrogens with one attached hydrogen (secondary N) is 2. The van der Waals surface area contributed by atoms with Gasteiger partial charge in [-0.25, -0.2) is 0 Å². The van der Waals surface area contributed by atoms with Crippen molar-refractivity contribution in [3.8, 4) is 0 Å². The first-order valence-electron chi connectivity index (χ1n) is 9.97. The van der Waals surface area contributed by atoms with Crippen LogP contribution in [-0.4, -0.2) is 49.4 Å². The molecule has 2 rings (SSSR count). The minimum atomic E-state index is -0.0863. The quantitative estimate of drug-likeness (QED) is 0.632. The molecule has 0 unspecified atom stereocenters. The number of hydrogen-bond donors (Lipinski definition) is 2. The Hall–Kier alpha value is -1.88. The van der Waals surface area contributed by atoms with E-state index in [0.29, 0.717) is 24.9 Å². The first-order valence-corrected chi connectivity index (χ1v) is 9.97. The summed E-state index contributed by atoms with van der Waals surface area (Å²) in [4.78, 5) is 26.2. The lowest BCUT2D eigenvalue weighted by atomic mass is 9.94. The highest BCUT2D eigenvalue weighted by Crippen LogP contribution is 2.21.